The van der Waals surface area contributed by atoms with Gasteiger partial charge < -0.3 is 5.32 Å². The Morgan fingerprint density at radius 1 is 1.52 bits per heavy atom. The molecule has 1 aliphatic carbocycles. The van der Waals surface area contributed by atoms with Crippen molar-refractivity contribution in [2.24, 2.45) is 0 Å². The predicted molar refractivity (Wildman–Crippen MR) is 77.5 cm³/mol. The van der Waals surface area contributed by atoms with E-state index in [2.05, 4.69) is 19.9 Å². The molecule has 1 amide bonds. The average Bonchev–Trinajstić information content (AvgIpc) is 3.22. The van der Waals surface area contributed by atoms with E-state index in [1.807, 2.05) is 0 Å². The van der Waals surface area contributed by atoms with Crippen LogP contribution in [0.5, 0.6) is 0 Å². The van der Waals surface area contributed by atoms with Crippen molar-refractivity contribution in [2.45, 2.75) is 32.2 Å². The van der Waals surface area contributed by atoms with Gasteiger partial charge in [-0.15, -0.1) is 5.10 Å². The van der Waals surface area contributed by atoms with E-state index in [0.717, 1.165) is 30.1 Å². The van der Waals surface area contributed by atoms with Crippen molar-refractivity contribution < 1.29 is 4.79 Å². The molecule has 0 bridgehead atoms. The van der Waals surface area contributed by atoms with Crippen molar-refractivity contribution >= 4 is 17.4 Å². The van der Waals surface area contributed by atoms with Gasteiger partial charge in [0.05, 0.1) is 17.7 Å². The molecule has 1 aliphatic rings. The summed E-state index contributed by atoms with van der Waals surface area (Å²) in [4.78, 5) is 28.6. The monoisotopic (exact) mass is 305 g/mol. The molecule has 110 valence electrons. The summed E-state index contributed by atoms with van der Waals surface area (Å²) >= 11 is 1.07. The van der Waals surface area contributed by atoms with Crippen LogP contribution in [0.1, 0.15) is 39.8 Å². The van der Waals surface area contributed by atoms with Crippen molar-refractivity contribution in [3.8, 4) is 0 Å². The van der Waals surface area contributed by atoms with Crippen LogP contribution in [0.25, 0.3) is 0 Å². The van der Waals surface area contributed by atoms with E-state index in [9.17, 15) is 9.59 Å². The van der Waals surface area contributed by atoms with Crippen LogP contribution in [0.2, 0.25) is 0 Å². The maximum absolute atomic E-state index is 11.9. The molecule has 0 aliphatic heterocycles. The van der Waals surface area contributed by atoms with Crippen LogP contribution in [0.4, 0.5) is 0 Å². The Morgan fingerprint density at radius 2 is 2.33 bits per heavy atom. The Hall–Kier alpha value is -2.09. The number of nitrogens with zero attached hydrogens (tertiary/aromatic N) is 4. The lowest BCUT2D eigenvalue weighted by Crippen LogP contribution is -2.30. The van der Waals surface area contributed by atoms with Crippen molar-refractivity contribution in [3.05, 3.63) is 39.0 Å². The van der Waals surface area contributed by atoms with E-state index in [4.69, 9.17) is 0 Å². The molecular formula is C13H15N5O2S. The van der Waals surface area contributed by atoms with Crippen molar-refractivity contribution in [3.63, 3.8) is 0 Å². The number of rotatable bonds is 5. The smallest absolute Gasteiger partial charge is 0.265 e. The average molecular weight is 305 g/mol. The first-order chi connectivity index (χ1) is 10.1. The third-order valence-corrected chi connectivity index (χ3v) is 4.22. The minimum atomic E-state index is -0.210. The lowest BCUT2D eigenvalue weighted by atomic mass is 10.3. The summed E-state index contributed by atoms with van der Waals surface area (Å²) in [5.74, 6) is 0.256. The second-order valence-electron chi connectivity index (χ2n) is 5.06. The normalized spacial score (nSPS) is 14.1. The molecule has 8 heteroatoms. The van der Waals surface area contributed by atoms with Gasteiger partial charge in [0, 0.05) is 25.1 Å². The van der Waals surface area contributed by atoms with Gasteiger partial charge in [-0.05, 0) is 31.3 Å². The Balaban J connectivity index is 1.57. The molecule has 0 spiro atoms. The van der Waals surface area contributed by atoms with Gasteiger partial charge in [-0.25, -0.2) is 4.98 Å². The molecule has 0 unspecified atom stereocenters. The fourth-order valence-electron chi connectivity index (χ4n) is 2.02. The molecule has 0 saturated heterocycles. The summed E-state index contributed by atoms with van der Waals surface area (Å²) in [6.07, 6.45) is 3.80. The highest BCUT2D eigenvalue weighted by molar-refractivity contribution is 7.07. The van der Waals surface area contributed by atoms with Crippen LogP contribution >= 0.6 is 11.5 Å². The highest BCUT2D eigenvalue weighted by Crippen LogP contribution is 2.38. The van der Waals surface area contributed by atoms with Crippen LogP contribution in [0.3, 0.4) is 0 Å². The van der Waals surface area contributed by atoms with Gasteiger partial charge in [-0.1, -0.05) is 4.49 Å². The van der Waals surface area contributed by atoms with Crippen LogP contribution in [-0.2, 0) is 6.54 Å². The van der Waals surface area contributed by atoms with Crippen LogP contribution in [0.15, 0.2) is 17.2 Å². The van der Waals surface area contributed by atoms with Gasteiger partial charge in [0.25, 0.3) is 11.5 Å². The molecule has 2 heterocycles. The number of aromatic nitrogens is 4. The molecule has 3 rings (SSSR count). The second-order valence-corrected chi connectivity index (χ2v) is 5.82. The van der Waals surface area contributed by atoms with Crippen molar-refractivity contribution in [1.82, 2.24) is 24.5 Å². The van der Waals surface area contributed by atoms with Gasteiger partial charge in [0.15, 0.2) is 0 Å². The second kappa shape index (κ2) is 5.72. The summed E-state index contributed by atoms with van der Waals surface area (Å²) in [6, 6.07) is 1.59. The first-order valence-corrected chi connectivity index (χ1v) is 7.56. The Labute approximate surface area is 125 Å². The number of carbonyl (C=O) groups excluding carboxylic acids is 1. The van der Waals surface area contributed by atoms with Gasteiger partial charge in [-0.3, -0.25) is 14.2 Å². The zero-order chi connectivity index (χ0) is 14.8. The van der Waals surface area contributed by atoms with Gasteiger partial charge in [-0.2, -0.15) is 0 Å². The molecule has 2 aromatic rings. The van der Waals surface area contributed by atoms with E-state index >= 15 is 0 Å². The van der Waals surface area contributed by atoms with Crippen LogP contribution < -0.4 is 10.9 Å². The maximum Gasteiger partial charge on any atom is 0.265 e. The minimum Gasteiger partial charge on any atom is -0.349 e. The van der Waals surface area contributed by atoms with E-state index in [0.29, 0.717) is 29.6 Å². The van der Waals surface area contributed by atoms with E-state index in [1.165, 1.54) is 4.57 Å². The van der Waals surface area contributed by atoms with Gasteiger partial charge in [0.1, 0.15) is 4.88 Å². The van der Waals surface area contributed by atoms with Crippen LogP contribution in [0, 0.1) is 6.92 Å². The zero-order valence-electron chi connectivity index (χ0n) is 11.6. The molecule has 21 heavy (non-hydrogen) atoms. The standard InChI is InChI=1S/C13H15N5O2S/c1-8-12(21-17-16-8)13(20)14-4-5-18-7-15-10(6-11(18)19)9-2-3-9/h6-7,9H,2-5H2,1H3,(H,14,20). The summed E-state index contributed by atoms with van der Waals surface area (Å²) in [7, 11) is 0. The highest BCUT2D eigenvalue weighted by Gasteiger charge is 2.25. The first kappa shape index (κ1) is 13.9. The highest BCUT2D eigenvalue weighted by atomic mass is 32.1. The van der Waals surface area contributed by atoms with Crippen LogP contribution in [-0.4, -0.2) is 31.6 Å². The SMILES string of the molecule is Cc1nnsc1C(=O)NCCn1cnc(C2CC2)cc1=O. The van der Waals surface area contributed by atoms with Gasteiger partial charge in [0.2, 0.25) is 0 Å². The number of nitrogens with one attached hydrogen (secondary N) is 1. The maximum atomic E-state index is 11.9. The minimum absolute atomic E-state index is 0.0724. The number of carbonyl (C=O) groups is 1. The molecule has 1 saturated carbocycles. The Morgan fingerprint density at radius 3 is 2.95 bits per heavy atom. The summed E-state index contributed by atoms with van der Waals surface area (Å²) < 4.78 is 5.22. The zero-order valence-corrected chi connectivity index (χ0v) is 12.4. The third kappa shape index (κ3) is 3.15. The van der Waals surface area contributed by atoms with Crippen molar-refractivity contribution in [2.75, 3.05) is 6.54 Å². The molecular weight excluding hydrogens is 290 g/mol. The Bertz CT molecular complexity index is 719. The fourth-order valence-corrected chi connectivity index (χ4v) is 2.59. The van der Waals surface area contributed by atoms with Crippen molar-refractivity contribution in [1.29, 1.82) is 0 Å². The van der Waals surface area contributed by atoms with E-state index in [-0.39, 0.29) is 11.5 Å². The Kier molecular flexibility index (Phi) is 3.78. The number of amides is 1. The van der Waals surface area contributed by atoms with Gasteiger partial charge >= 0.3 is 0 Å². The molecule has 1 N–H and O–H groups in total. The number of hydrogen-bond acceptors (Lipinski definition) is 6. The fraction of sp³-hybridized carbons (Fsp3) is 0.462. The molecule has 0 atom stereocenters. The third-order valence-electron chi connectivity index (χ3n) is 3.39. The number of hydrogen-bond donors (Lipinski definition) is 1. The summed E-state index contributed by atoms with van der Waals surface area (Å²) in [5.41, 5.74) is 1.42. The van der Waals surface area contributed by atoms with E-state index in [1.54, 1.807) is 19.3 Å². The van der Waals surface area contributed by atoms with E-state index < -0.39 is 0 Å². The lowest BCUT2D eigenvalue weighted by molar-refractivity contribution is 0.0955. The molecule has 0 aromatic carbocycles. The quantitative estimate of drug-likeness (QED) is 0.878. The molecule has 2 aromatic heterocycles. The number of aryl methyl sites for hydroxylation is 1. The summed E-state index contributed by atoms with van der Waals surface area (Å²) in [6.45, 7) is 2.50. The molecule has 7 nitrogen and oxygen atoms in total. The summed E-state index contributed by atoms with van der Waals surface area (Å²) in [5, 5.41) is 6.55. The topological polar surface area (TPSA) is 89.8 Å². The first-order valence-electron chi connectivity index (χ1n) is 6.78. The predicted octanol–water partition coefficient (Wildman–Crippen LogP) is 0.711. The lowest BCUT2D eigenvalue weighted by Gasteiger charge is -2.07. The molecule has 1 fully saturated rings. The molecule has 0 radical (unpaired) electrons. The largest absolute Gasteiger partial charge is 0.349 e.